The Labute approximate surface area is 115 Å². The number of thioether (sulfide) groups is 1. The number of rotatable bonds is 4. The van der Waals surface area contributed by atoms with Crippen molar-refractivity contribution in [3.8, 4) is 11.5 Å². The second-order valence-corrected chi connectivity index (χ2v) is 5.25. The van der Waals surface area contributed by atoms with Gasteiger partial charge >= 0.3 is 0 Å². The Bertz CT molecular complexity index is 554. The number of nitrogens with two attached hydrogens (primary N) is 1. The van der Waals surface area contributed by atoms with Crippen molar-refractivity contribution in [3.63, 3.8) is 0 Å². The molecule has 2 heterocycles. The fourth-order valence-electron chi connectivity index (χ4n) is 1.93. The van der Waals surface area contributed by atoms with Crippen molar-refractivity contribution in [3.05, 3.63) is 41.9 Å². The number of benzene rings is 1. The molecule has 0 bridgehead atoms. The molecule has 1 aromatic heterocycles. The van der Waals surface area contributed by atoms with Crippen molar-refractivity contribution in [2.45, 2.75) is 11.5 Å². The first-order chi connectivity index (χ1) is 9.33. The summed E-state index contributed by atoms with van der Waals surface area (Å²) < 4.78 is 16.4. The number of nitrogen functional groups attached to an aromatic ring is 1. The Morgan fingerprint density at radius 1 is 1.11 bits per heavy atom. The van der Waals surface area contributed by atoms with Gasteiger partial charge in [-0.15, -0.1) is 11.8 Å². The average Bonchev–Trinajstić information content (AvgIpc) is 2.92. The number of hydrogen-bond acceptors (Lipinski definition) is 5. The van der Waals surface area contributed by atoms with Gasteiger partial charge < -0.3 is 19.6 Å². The van der Waals surface area contributed by atoms with Crippen molar-refractivity contribution in [1.29, 1.82) is 0 Å². The molecular formula is C14H15NO3S. The average molecular weight is 277 g/mol. The minimum absolute atomic E-state index is 0.582. The molecule has 2 aromatic rings. The summed E-state index contributed by atoms with van der Waals surface area (Å²) in [6.45, 7) is 1.18. The second-order valence-electron chi connectivity index (χ2n) is 4.27. The van der Waals surface area contributed by atoms with Gasteiger partial charge in [0.15, 0.2) is 11.5 Å². The van der Waals surface area contributed by atoms with Crippen LogP contribution in [0.15, 0.2) is 34.9 Å². The summed E-state index contributed by atoms with van der Waals surface area (Å²) in [5.41, 5.74) is 7.85. The summed E-state index contributed by atoms with van der Waals surface area (Å²) in [6.07, 6.45) is 1.69. The van der Waals surface area contributed by atoms with Crippen LogP contribution in [-0.4, -0.2) is 13.2 Å². The highest BCUT2D eigenvalue weighted by Gasteiger charge is 2.14. The van der Waals surface area contributed by atoms with Crippen LogP contribution in [0.3, 0.4) is 0 Å². The molecule has 5 heteroatoms. The SMILES string of the molecule is Nc1cc2c(cc1CSCc1ccco1)OCCO2. The van der Waals surface area contributed by atoms with Crippen molar-refractivity contribution < 1.29 is 13.9 Å². The van der Waals surface area contributed by atoms with Gasteiger partial charge in [0.05, 0.1) is 12.0 Å². The van der Waals surface area contributed by atoms with E-state index in [2.05, 4.69) is 0 Å². The van der Waals surface area contributed by atoms with Crippen molar-refractivity contribution >= 4 is 17.4 Å². The minimum Gasteiger partial charge on any atom is -0.486 e. The molecule has 1 aliphatic heterocycles. The van der Waals surface area contributed by atoms with E-state index in [1.54, 1.807) is 18.0 Å². The second kappa shape index (κ2) is 5.48. The van der Waals surface area contributed by atoms with E-state index in [9.17, 15) is 0 Å². The highest BCUT2D eigenvalue weighted by atomic mass is 32.2. The molecular weight excluding hydrogens is 262 g/mol. The molecule has 0 unspecified atom stereocenters. The quantitative estimate of drug-likeness (QED) is 0.870. The molecule has 1 aromatic carbocycles. The fourth-order valence-corrected chi connectivity index (χ4v) is 2.87. The smallest absolute Gasteiger partial charge is 0.163 e. The lowest BCUT2D eigenvalue weighted by Gasteiger charge is -2.20. The predicted octanol–water partition coefficient (Wildman–Crippen LogP) is 3.07. The molecule has 0 fully saturated rings. The Hall–Kier alpha value is -1.75. The third-order valence-electron chi connectivity index (χ3n) is 2.89. The normalized spacial score (nSPS) is 13.5. The van der Waals surface area contributed by atoms with Crippen molar-refractivity contribution in [2.24, 2.45) is 0 Å². The summed E-state index contributed by atoms with van der Waals surface area (Å²) in [6, 6.07) is 7.69. The van der Waals surface area contributed by atoms with Crippen LogP contribution in [0.5, 0.6) is 11.5 Å². The first kappa shape index (κ1) is 12.3. The van der Waals surface area contributed by atoms with Gasteiger partial charge in [-0.1, -0.05) is 0 Å². The molecule has 0 spiro atoms. The van der Waals surface area contributed by atoms with Gasteiger partial charge in [-0.25, -0.2) is 0 Å². The van der Waals surface area contributed by atoms with Crippen LogP contribution in [0.2, 0.25) is 0 Å². The molecule has 0 radical (unpaired) electrons. The van der Waals surface area contributed by atoms with Gasteiger partial charge in [0.2, 0.25) is 0 Å². The zero-order valence-corrected chi connectivity index (χ0v) is 11.2. The lowest BCUT2D eigenvalue weighted by Crippen LogP contribution is -2.15. The third kappa shape index (κ3) is 2.81. The first-order valence-electron chi connectivity index (χ1n) is 6.11. The van der Waals surface area contributed by atoms with E-state index in [4.69, 9.17) is 19.6 Å². The molecule has 0 saturated heterocycles. The highest BCUT2D eigenvalue weighted by molar-refractivity contribution is 7.97. The molecule has 2 N–H and O–H groups in total. The van der Waals surface area contributed by atoms with Gasteiger partial charge in [0.25, 0.3) is 0 Å². The van der Waals surface area contributed by atoms with E-state index < -0.39 is 0 Å². The molecule has 1 aliphatic rings. The monoisotopic (exact) mass is 277 g/mol. The Morgan fingerprint density at radius 2 is 1.89 bits per heavy atom. The van der Waals surface area contributed by atoms with Crippen LogP contribution >= 0.6 is 11.8 Å². The van der Waals surface area contributed by atoms with Gasteiger partial charge in [-0.3, -0.25) is 0 Å². The van der Waals surface area contributed by atoms with E-state index in [0.29, 0.717) is 13.2 Å². The van der Waals surface area contributed by atoms with E-state index in [1.807, 2.05) is 24.3 Å². The summed E-state index contributed by atoms with van der Waals surface area (Å²) in [7, 11) is 0. The van der Waals surface area contributed by atoms with Crippen LogP contribution in [0.25, 0.3) is 0 Å². The largest absolute Gasteiger partial charge is 0.486 e. The molecule has 0 saturated carbocycles. The predicted molar refractivity (Wildman–Crippen MR) is 75.6 cm³/mol. The number of hydrogen-bond donors (Lipinski definition) is 1. The summed E-state index contributed by atoms with van der Waals surface area (Å²) in [5, 5.41) is 0. The third-order valence-corrected chi connectivity index (χ3v) is 3.89. The molecule has 19 heavy (non-hydrogen) atoms. The summed E-state index contributed by atoms with van der Waals surface area (Å²) in [4.78, 5) is 0. The van der Waals surface area contributed by atoms with Crippen molar-refractivity contribution in [2.75, 3.05) is 18.9 Å². The molecule has 4 nitrogen and oxygen atoms in total. The lowest BCUT2D eigenvalue weighted by atomic mass is 10.2. The fraction of sp³-hybridized carbons (Fsp3) is 0.286. The van der Waals surface area contributed by atoms with Crippen LogP contribution in [0.4, 0.5) is 5.69 Å². The van der Waals surface area contributed by atoms with Crippen LogP contribution in [0.1, 0.15) is 11.3 Å². The van der Waals surface area contributed by atoms with E-state index in [-0.39, 0.29) is 0 Å². The maximum Gasteiger partial charge on any atom is 0.163 e. The van der Waals surface area contributed by atoms with Crippen LogP contribution < -0.4 is 15.2 Å². The topological polar surface area (TPSA) is 57.6 Å². The van der Waals surface area contributed by atoms with Gasteiger partial charge in [-0.05, 0) is 23.8 Å². The summed E-state index contributed by atoms with van der Waals surface area (Å²) in [5.74, 6) is 4.16. The van der Waals surface area contributed by atoms with Gasteiger partial charge in [0, 0.05) is 17.5 Å². The van der Waals surface area contributed by atoms with E-state index in [0.717, 1.165) is 40.0 Å². The number of furan rings is 1. The molecule has 0 atom stereocenters. The van der Waals surface area contributed by atoms with E-state index >= 15 is 0 Å². The Morgan fingerprint density at radius 3 is 2.63 bits per heavy atom. The lowest BCUT2D eigenvalue weighted by molar-refractivity contribution is 0.171. The first-order valence-corrected chi connectivity index (χ1v) is 7.26. The van der Waals surface area contributed by atoms with Crippen molar-refractivity contribution in [1.82, 2.24) is 0 Å². The van der Waals surface area contributed by atoms with Gasteiger partial charge in [-0.2, -0.15) is 0 Å². The zero-order valence-electron chi connectivity index (χ0n) is 10.4. The Kier molecular flexibility index (Phi) is 3.55. The molecule has 100 valence electrons. The standard InChI is InChI=1S/C14H15NO3S/c15-12-7-14-13(17-4-5-18-14)6-10(12)8-19-9-11-2-1-3-16-11/h1-3,6-7H,4-5,8-9,15H2. The number of fused-ring (bicyclic) bond motifs is 1. The zero-order chi connectivity index (χ0) is 13.1. The molecule has 0 aliphatic carbocycles. The Balaban J connectivity index is 1.67. The van der Waals surface area contributed by atoms with Crippen LogP contribution in [-0.2, 0) is 11.5 Å². The number of anilines is 1. The number of ether oxygens (including phenoxy) is 2. The highest BCUT2D eigenvalue weighted by Crippen LogP contribution is 2.36. The summed E-state index contributed by atoms with van der Waals surface area (Å²) >= 11 is 1.76. The maximum absolute atomic E-state index is 6.03. The van der Waals surface area contributed by atoms with Gasteiger partial charge in [0.1, 0.15) is 19.0 Å². The molecule has 3 rings (SSSR count). The minimum atomic E-state index is 0.582. The molecule has 0 amide bonds. The van der Waals surface area contributed by atoms with Crippen LogP contribution in [0, 0.1) is 0 Å². The van der Waals surface area contributed by atoms with E-state index in [1.165, 1.54) is 0 Å². The maximum atomic E-state index is 6.03.